The molecule has 0 aliphatic carbocycles. The molecule has 0 heterocycles. The van der Waals surface area contributed by atoms with Crippen LogP contribution in [0.3, 0.4) is 0 Å². The second-order valence-corrected chi connectivity index (χ2v) is 9.27. The molecular weight excluding hydrogens is 340 g/mol. The van der Waals surface area contributed by atoms with E-state index in [1.165, 1.54) is 6.92 Å². The van der Waals surface area contributed by atoms with Gasteiger partial charge in [-0.3, -0.25) is 4.79 Å². The van der Waals surface area contributed by atoms with E-state index in [-0.39, 0.29) is 0 Å². The van der Waals surface area contributed by atoms with Gasteiger partial charge in [-0.15, -0.1) is 0 Å². The van der Waals surface area contributed by atoms with E-state index >= 15 is 0 Å². The van der Waals surface area contributed by atoms with E-state index in [1.54, 1.807) is 62.3 Å². The molecule has 0 aromatic carbocycles. The average Bonchev–Trinajstić information content (AvgIpc) is 2.38. The van der Waals surface area contributed by atoms with Gasteiger partial charge in [0.1, 0.15) is 11.2 Å². The SMILES string of the molecule is CC(C)(C)OC(=O)NN(C(=O)OC(C)(C)C)C(C)(C=O)C(=O)C(C)(C)C. The highest BCUT2D eigenvalue weighted by Gasteiger charge is 2.49. The van der Waals surface area contributed by atoms with Gasteiger partial charge in [0.2, 0.25) is 0 Å². The molecule has 0 fully saturated rings. The number of carbonyl (C=O) groups is 4. The third-order valence-electron chi connectivity index (χ3n) is 3.01. The number of ketones is 1. The highest BCUT2D eigenvalue weighted by atomic mass is 16.6. The van der Waals surface area contributed by atoms with E-state index in [2.05, 4.69) is 5.43 Å². The fraction of sp³-hybridized carbons (Fsp3) is 0.778. The zero-order valence-corrected chi connectivity index (χ0v) is 17.5. The van der Waals surface area contributed by atoms with Gasteiger partial charge in [0.05, 0.1) is 0 Å². The maximum atomic E-state index is 12.8. The molecule has 150 valence electrons. The molecule has 1 atom stereocenters. The number of aldehydes is 1. The van der Waals surface area contributed by atoms with E-state index in [4.69, 9.17) is 9.47 Å². The average molecular weight is 372 g/mol. The molecule has 0 aliphatic heterocycles. The number of carbonyl (C=O) groups excluding carboxylic acids is 4. The Hall–Kier alpha value is -2.12. The topological polar surface area (TPSA) is 102 Å². The molecule has 0 aromatic heterocycles. The normalized spacial score (nSPS) is 14.7. The lowest BCUT2D eigenvalue weighted by Gasteiger charge is -2.39. The predicted molar refractivity (Wildman–Crippen MR) is 96.4 cm³/mol. The summed E-state index contributed by atoms with van der Waals surface area (Å²) in [4.78, 5) is 49.4. The standard InChI is InChI=1S/C18H32N2O6/c1-15(2,3)12(22)18(10,11-21)20(14(24)26-17(7,8)9)19-13(23)25-16(4,5)6/h11H,1-10H3,(H,19,23). The second-order valence-electron chi connectivity index (χ2n) is 9.27. The quantitative estimate of drug-likeness (QED) is 0.463. The fourth-order valence-corrected chi connectivity index (χ4v) is 2.02. The molecular formula is C18H32N2O6. The molecule has 0 aromatic rings. The van der Waals surface area contributed by atoms with Gasteiger partial charge in [-0.2, -0.15) is 5.01 Å². The summed E-state index contributed by atoms with van der Waals surface area (Å²) in [5, 5.41) is 0.590. The number of Topliss-reactive ketones (excluding diaryl/α,β-unsaturated/α-hetero) is 1. The van der Waals surface area contributed by atoms with Gasteiger partial charge in [-0.1, -0.05) is 20.8 Å². The lowest BCUT2D eigenvalue weighted by atomic mass is 9.79. The van der Waals surface area contributed by atoms with Gasteiger partial charge in [-0.05, 0) is 48.5 Å². The third kappa shape index (κ3) is 7.01. The summed E-state index contributed by atoms with van der Waals surface area (Å²) in [6, 6.07) is 0. The number of nitrogens with zero attached hydrogens (tertiary/aromatic N) is 1. The number of hydrazine groups is 1. The minimum absolute atomic E-state index is 0.307. The van der Waals surface area contributed by atoms with Crippen LogP contribution in [0, 0.1) is 5.41 Å². The lowest BCUT2D eigenvalue weighted by molar-refractivity contribution is -0.144. The van der Waals surface area contributed by atoms with Crippen molar-refractivity contribution in [2.75, 3.05) is 0 Å². The minimum Gasteiger partial charge on any atom is -0.443 e. The summed E-state index contributed by atoms with van der Waals surface area (Å²) in [5.41, 5.74) is -2.48. The summed E-state index contributed by atoms with van der Waals surface area (Å²) in [5.74, 6) is -0.568. The van der Waals surface area contributed by atoms with Crippen molar-refractivity contribution in [3.05, 3.63) is 0 Å². The van der Waals surface area contributed by atoms with E-state index in [0.29, 0.717) is 11.3 Å². The number of ether oxygens (including phenoxy) is 2. The van der Waals surface area contributed by atoms with Crippen molar-refractivity contribution in [2.24, 2.45) is 5.41 Å². The van der Waals surface area contributed by atoms with Crippen LogP contribution in [0.25, 0.3) is 0 Å². The van der Waals surface area contributed by atoms with Crippen LogP contribution in [0.1, 0.15) is 69.2 Å². The summed E-state index contributed by atoms with van der Waals surface area (Å²) >= 11 is 0. The van der Waals surface area contributed by atoms with Crippen molar-refractivity contribution < 1.29 is 28.7 Å². The first-order valence-corrected chi connectivity index (χ1v) is 8.37. The van der Waals surface area contributed by atoms with Crippen molar-refractivity contribution in [3.63, 3.8) is 0 Å². The summed E-state index contributed by atoms with van der Waals surface area (Å²) in [6.45, 7) is 15.9. The second kappa shape index (κ2) is 7.63. The highest BCUT2D eigenvalue weighted by Crippen LogP contribution is 2.27. The number of hydrogen-bond acceptors (Lipinski definition) is 6. The van der Waals surface area contributed by atoms with E-state index in [1.807, 2.05) is 0 Å². The van der Waals surface area contributed by atoms with Crippen LogP contribution < -0.4 is 5.43 Å². The molecule has 26 heavy (non-hydrogen) atoms. The Morgan fingerprint density at radius 3 is 1.54 bits per heavy atom. The highest BCUT2D eigenvalue weighted by molar-refractivity contribution is 6.07. The maximum Gasteiger partial charge on any atom is 0.430 e. The number of nitrogens with one attached hydrogen (secondary N) is 1. The first-order chi connectivity index (χ1) is 11.3. The molecule has 0 spiro atoms. The Kier molecular flexibility index (Phi) is 7.01. The molecule has 8 nitrogen and oxygen atoms in total. The van der Waals surface area contributed by atoms with Gasteiger partial charge < -0.3 is 14.3 Å². The van der Waals surface area contributed by atoms with Gasteiger partial charge in [0, 0.05) is 5.41 Å². The summed E-state index contributed by atoms with van der Waals surface area (Å²) in [6.07, 6.45) is -1.73. The molecule has 2 amide bonds. The van der Waals surface area contributed by atoms with Crippen molar-refractivity contribution in [3.8, 4) is 0 Å². The van der Waals surface area contributed by atoms with Gasteiger partial charge in [-0.25, -0.2) is 15.0 Å². The number of hydrogen-bond donors (Lipinski definition) is 1. The first kappa shape index (κ1) is 23.9. The van der Waals surface area contributed by atoms with Crippen LogP contribution in [0.15, 0.2) is 0 Å². The van der Waals surface area contributed by atoms with Crippen molar-refractivity contribution in [2.45, 2.75) is 86.0 Å². The molecule has 0 saturated heterocycles. The molecule has 1 N–H and O–H groups in total. The molecule has 1 unspecified atom stereocenters. The Morgan fingerprint density at radius 1 is 0.808 bits per heavy atom. The van der Waals surface area contributed by atoms with Crippen molar-refractivity contribution in [1.82, 2.24) is 10.4 Å². The van der Waals surface area contributed by atoms with Crippen molar-refractivity contribution >= 4 is 24.3 Å². The third-order valence-corrected chi connectivity index (χ3v) is 3.01. The summed E-state index contributed by atoms with van der Waals surface area (Å²) in [7, 11) is 0. The zero-order valence-electron chi connectivity index (χ0n) is 17.5. The van der Waals surface area contributed by atoms with Crippen molar-refractivity contribution in [1.29, 1.82) is 0 Å². The van der Waals surface area contributed by atoms with Crippen LogP contribution in [0.2, 0.25) is 0 Å². The van der Waals surface area contributed by atoms with Gasteiger partial charge >= 0.3 is 12.2 Å². The number of rotatable bonds is 3. The Bertz CT molecular complexity index is 566. The van der Waals surface area contributed by atoms with E-state index < -0.39 is 40.1 Å². The minimum atomic E-state index is -1.97. The Balaban J connectivity index is 5.97. The predicted octanol–water partition coefficient (Wildman–Crippen LogP) is 3.24. The van der Waals surface area contributed by atoms with Crippen LogP contribution >= 0.6 is 0 Å². The maximum absolute atomic E-state index is 12.8. The van der Waals surface area contributed by atoms with E-state index in [0.717, 1.165) is 0 Å². The lowest BCUT2D eigenvalue weighted by Crippen LogP contribution is -2.66. The molecule has 0 saturated carbocycles. The molecule has 0 aliphatic rings. The van der Waals surface area contributed by atoms with Crippen LogP contribution in [-0.2, 0) is 19.1 Å². The van der Waals surface area contributed by atoms with Gasteiger partial charge in [0.15, 0.2) is 17.6 Å². The Labute approximate surface area is 155 Å². The first-order valence-electron chi connectivity index (χ1n) is 8.37. The van der Waals surface area contributed by atoms with Crippen LogP contribution in [0.5, 0.6) is 0 Å². The largest absolute Gasteiger partial charge is 0.443 e. The number of amides is 2. The Morgan fingerprint density at radius 2 is 1.23 bits per heavy atom. The summed E-state index contributed by atoms with van der Waals surface area (Å²) < 4.78 is 10.4. The van der Waals surface area contributed by atoms with Crippen LogP contribution in [-0.4, -0.2) is 46.0 Å². The smallest absolute Gasteiger partial charge is 0.430 e. The molecule has 0 bridgehead atoms. The zero-order chi connectivity index (χ0) is 21.1. The molecule has 8 heteroatoms. The molecule has 0 rings (SSSR count). The fourth-order valence-electron chi connectivity index (χ4n) is 2.02. The monoisotopic (exact) mass is 372 g/mol. The van der Waals surface area contributed by atoms with Crippen LogP contribution in [0.4, 0.5) is 9.59 Å². The van der Waals surface area contributed by atoms with E-state index in [9.17, 15) is 19.2 Å². The van der Waals surface area contributed by atoms with Gasteiger partial charge in [0.25, 0.3) is 0 Å². The molecule has 0 radical (unpaired) electrons.